The molecule has 0 saturated heterocycles. The minimum absolute atomic E-state index is 0.153. The quantitative estimate of drug-likeness (QED) is 0.545. The summed E-state index contributed by atoms with van der Waals surface area (Å²) < 4.78 is 50.6. The average molecular weight is 473 g/mol. The van der Waals surface area contributed by atoms with E-state index in [9.17, 15) is 21.6 Å². The van der Waals surface area contributed by atoms with Crippen molar-refractivity contribution in [1.29, 1.82) is 0 Å². The molecule has 3 aromatic carbocycles. The van der Waals surface area contributed by atoms with Crippen LogP contribution < -0.4 is 10.0 Å². The summed E-state index contributed by atoms with van der Waals surface area (Å²) in [7, 11) is -7.01. The van der Waals surface area contributed by atoms with Gasteiger partial charge in [0, 0.05) is 17.5 Å². The van der Waals surface area contributed by atoms with Crippen LogP contribution in [-0.2, 0) is 19.9 Å². The predicted octanol–water partition coefficient (Wildman–Crippen LogP) is 3.69. The summed E-state index contributed by atoms with van der Waals surface area (Å²) >= 11 is 0. The second-order valence-corrected chi connectivity index (χ2v) is 11.2. The molecule has 0 aromatic heterocycles. The third-order valence-electron chi connectivity index (χ3n) is 4.89. The number of hydrogen-bond donors (Lipinski definition) is 2. The molecule has 3 aromatic rings. The molecule has 168 valence electrons. The van der Waals surface area contributed by atoms with Crippen LogP contribution in [-0.4, -0.2) is 29.0 Å². The zero-order valence-corrected chi connectivity index (χ0v) is 19.5. The highest BCUT2D eigenvalue weighted by Gasteiger charge is 2.16. The lowest BCUT2D eigenvalue weighted by molar-refractivity contribution is 0.0940. The molecular formula is C23H24N2O5S2. The van der Waals surface area contributed by atoms with Gasteiger partial charge in [0.2, 0.25) is 0 Å². The fourth-order valence-electron chi connectivity index (χ4n) is 2.99. The first-order valence-electron chi connectivity index (χ1n) is 9.76. The molecule has 7 nitrogen and oxygen atoms in total. The Balaban J connectivity index is 1.66. The van der Waals surface area contributed by atoms with Crippen LogP contribution >= 0.6 is 0 Å². The van der Waals surface area contributed by atoms with Crippen LogP contribution in [0.1, 0.15) is 34.5 Å². The molecule has 9 heteroatoms. The molecule has 0 aliphatic rings. The monoisotopic (exact) mass is 472 g/mol. The summed E-state index contributed by atoms with van der Waals surface area (Å²) in [6.07, 6.45) is 1.14. The normalized spacial score (nSPS) is 12.7. The SMILES string of the molecule is Cc1ccc(S(=O)(=O)Nc2ccc(C(=O)NC(C)c3ccc(S(C)(=O)=O)cc3)cc2)cc1. The Morgan fingerprint density at radius 1 is 0.781 bits per heavy atom. The largest absolute Gasteiger partial charge is 0.346 e. The van der Waals surface area contributed by atoms with Gasteiger partial charge in [0.15, 0.2) is 9.84 Å². The van der Waals surface area contributed by atoms with Gasteiger partial charge in [-0.05, 0) is 67.9 Å². The zero-order chi connectivity index (χ0) is 23.5. The van der Waals surface area contributed by atoms with E-state index in [1.54, 1.807) is 31.2 Å². The number of rotatable bonds is 7. The molecule has 2 N–H and O–H groups in total. The molecule has 0 radical (unpaired) electrons. The Bertz CT molecular complexity index is 1310. The summed E-state index contributed by atoms with van der Waals surface area (Å²) in [5.74, 6) is -0.336. The van der Waals surface area contributed by atoms with Crippen molar-refractivity contribution in [3.8, 4) is 0 Å². The molecular weight excluding hydrogens is 448 g/mol. The van der Waals surface area contributed by atoms with Crippen molar-refractivity contribution in [2.24, 2.45) is 0 Å². The van der Waals surface area contributed by atoms with Gasteiger partial charge < -0.3 is 5.32 Å². The molecule has 0 fully saturated rings. The van der Waals surface area contributed by atoms with Crippen molar-refractivity contribution in [1.82, 2.24) is 5.32 Å². The maximum Gasteiger partial charge on any atom is 0.261 e. The molecule has 1 unspecified atom stereocenters. The molecule has 32 heavy (non-hydrogen) atoms. The molecule has 0 heterocycles. The first-order valence-corrected chi connectivity index (χ1v) is 13.1. The number of sulfone groups is 1. The molecule has 1 amide bonds. The highest BCUT2D eigenvalue weighted by Crippen LogP contribution is 2.19. The summed E-state index contributed by atoms with van der Waals surface area (Å²) in [5.41, 5.74) is 2.42. The molecule has 0 aliphatic heterocycles. The topological polar surface area (TPSA) is 109 Å². The van der Waals surface area contributed by atoms with Crippen molar-refractivity contribution in [2.45, 2.75) is 29.7 Å². The van der Waals surface area contributed by atoms with Crippen LogP contribution in [0.4, 0.5) is 5.69 Å². The molecule has 0 saturated carbocycles. The molecule has 1 atom stereocenters. The average Bonchev–Trinajstić information content (AvgIpc) is 2.73. The van der Waals surface area contributed by atoms with Crippen molar-refractivity contribution in [3.05, 3.63) is 89.5 Å². The standard InChI is InChI=1S/C23H24N2O5S2/c1-16-4-12-22(13-5-16)32(29,30)25-20-10-6-19(7-11-20)23(26)24-17(2)18-8-14-21(15-9-18)31(3,27)28/h4-15,17,25H,1-3H3,(H,24,26). The number of nitrogens with one attached hydrogen (secondary N) is 2. The highest BCUT2D eigenvalue weighted by atomic mass is 32.2. The molecule has 0 aliphatic carbocycles. The van der Waals surface area contributed by atoms with E-state index in [0.29, 0.717) is 11.3 Å². The van der Waals surface area contributed by atoms with Gasteiger partial charge in [0.05, 0.1) is 15.8 Å². The number of aryl methyl sites for hydroxylation is 1. The third kappa shape index (κ3) is 5.74. The van der Waals surface area contributed by atoms with E-state index in [1.165, 1.54) is 48.5 Å². The second kappa shape index (κ2) is 9.13. The number of amides is 1. The first-order chi connectivity index (χ1) is 15.0. The Morgan fingerprint density at radius 2 is 1.31 bits per heavy atom. The van der Waals surface area contributed by atoms with E-state index in [0.717, 1.165) is 17.4 Å². The van der Waals surface area contributed by atoms with Crippen LogP contribution in [0.25, 0.3) is 0 Å². The number of anilines is 1. The van der Waals surface area contributed by atoms with Gasteiger partial charge in [-0.3, -0.25) is 9.52 Å². The Labute approximate surface area is 188 Å². The maximum atomic E-state index is 12.6. The molecule has 0 spiro atoms. The van der Waals surface area contributed by atoms with Gasteiger partial charge in [-0.25, -0.2) is 16.8 Å². The number of carbonyl (C=O) groups is 1. The molecule has 3 rings (SSSR count). The Hall–Kier alpha value is -3.17. The number of benzene rings is 3. The van der Waals surface area contributed by atoms with Crippen LogP contribution in [0.3, 0.4) is 0 Å². The van der Waals surface area contributed by atoms with Gasteiger partial charge in [-0.15, -0.1) is 0 Å². The van der Waals surface area contributed by atoms with Crippen molar-refractivity contribution in [3.63, 3.8) is 0 Å². The predicted molar refractivity (Wildman–Crippen MR) is 124 cm³/mol. The Morgan fingerprint density at radius 3 is 1.84 bits per heavy atom. The van der Waals surface area contributed by atoms with E-state index in [2.05, 4.69) is 10.0 Å². The van der Waals surface area contributed by atoms with Gasteiger partial charge >= 0.3 is 0 Å². The number of hydrogen-bond acceptors (Lipinski definition) is 5. The number of sulfonamides is 1. The van der Waals surface area contributed by atoms with Crippen LogP contribution in [0.15, 0.2) is 82.6 Å². The molecule has 0 bridgehead atoms. The van der Waals surface area contributed by atoms with E-state index in [4.69, 9.17) is 0 Å². The van der Waals surface area contributed by atoms with Gasteiger partial charge in [0.1, 0.15) is 0 Å². The lowest BCUT2D eigenvalue weighted by Gasteiger charge is -2.15. The fourth-order valence-corrected chi connectivity index (χ4v) is 4.68. The fraction of sp³-hybridized carbons (Fsp3) is 0.174. The zero-order valence-electron chi connectivity index (χ0n) is 17.9. The Kier molecular flexibility index (Phi) is 6.71. The second-order valence-electron chi connectivity index (χ2n) is 7.53. The van der Waals surface area contributed by atoms with E-state index in [-0.39, 0.29) is 21.7 Å². The lowest BCUT2D eigenvalue weighted by atomic mass is 10.1. The lowest BCUT2D eigenvalue weighted by Crippen LogP contribution is -2.26. The summed E-state index contributed by atoms with van der Waals surface area (Å²) in [4.78, 5) is 12.9. The van der Waals surface area contributed by atoms with E-state index < -0.39 is 19.9 Å². The summed E-state index contributed by atoms with van der Waals surface area (Å²) in [6, 6.07) is 18.6. The van der Waals surface area contributed by atoms with Crippen LogP contribution in [0.2, 0.25) is 0 Å². The first kappa shape index (κ1) is 23.5. The van der Waals surface area contributed by atoms with Crippen molar-refractivity contribution >= 4 is 31.5 Å². The summed E-state index contributed by atoms with van der Waals surface area (Å²) in [5, 5.41) is 2.84. The maximum absolute atomic E-state index is 12.6. The smallest absolute Gasteiger partial charge is 0.261 e. The van der Waals surface area contributed by atoms with E-state index in [1.807, 2.05) is 6.92 Å². The van der Waals surface area contributed by atoms with Crippen LogP contribution in [0.5, 0.6) is 0 Å². The van der Waals surface area contributed by atoms with Crippen molar-refractivity contribution in [2.75, 3.05) is 11.0 Å². The van der Waals surface area contributed by atoms with Gasteiger partial charge in [0.25, 0.3) is 15.9 Å². The highest BCUT2D eigenvalue weighted by molar-refractivity contribution is 7.92. The van der Waals surface area contributed by atoms with Gasteiger partial charge in [-0.1, -0.05) is 29.8 Å². The van der Waals surface area contributed by atoms with Gasteiger partial charge in [-0.2, -0.15) is 0 Å². The van der Waals surface area contributed by atoms with E-state index >= 15 is 0 Å². The third-order valence-corrected chi connectivity index (χ3v) is 7.41. The summed E-state index contributed by atoms with van der Waals surface area (Å²) in [6.45, 7) is 3.66. The van der Waals surface area contributed by atoms with Crippen LogP contribution in [0, 0.1) is 6.92 Å². The minimum atomic E-state index is -3.73. The van der Waals surface area contributed by atoms with Crippen molar-refractivity contribution < 1.29 is 21.6 Å². The number of carbonyl (C=O) groups excluding carboxylic acids is 1. The minimum Gasteiger partial charge on any atom is -0.346 e.